The number of nitrogens with zero attached hydrogens (tertiary/aromatic N) is 2. The minimum atomic E-state index is -0.385. The molecule has 18 heavy (non-hydrogen) atoms. The number of aryl methyl sites for hydroxylation is 1. The monoisotopic (exact) mass is 260 g/mol. The molecule has 2 amide bonds. The highest BCUT2D eigenvalue weighted by Crippen LogP contribution is 2.05. The molecule has 5 nitrogen and oxygen atoms in total. The van der Waals surface area contributed by atoms with Crippen LogP contribution in [0.1, 0.15) is 10.7 Å². The van der Waals surface area contributed by atoms with Gasteiger partial charge >= 0.3 is 6.03 Å². The largest absolute Gasteiger partial charge is 0.339 e. The number of nitrogens with one attached hydrogen (secondary N) is 2. The van der Waals surface area contributed by atoms with Gasteiger partial charge in [-0.2, -0.15) is 5.10 Å². The molecule has 6 heteroatoms. The third kappa shape index (κ3) is 3.67. The number of carbonyl (C=O) groups is 1. The number of para-hydroxylation sites is 1. The van der Waals surface area contributed by atoms with E-state index in [-0.39, 0.29) is 6.03 Å². The van der Waals surface area contributed by atoms with Gasteiger partial charge < -0.3 is 5.32 Å². The number of aromatic nitrogens is 1. The molecule has 0 saturated heterocycles. The maximum atomic E-state index is 11.5. The van der Waals surface area contributed by atoms with Gasteiger partial charge in [0, 0.05) is 11.1 Å². The first kappa shape index (κ1) is 12.3. The van der Waals surface area contributed by atoms with E-state index in [0.717, 1.165) is 16.4 Å². The number of hydrogen-bond acceptors (Lipinski definition) is 4. The Morgan fingerprint density at radius 3 is 2.83 bits per heavy atom. The Morgan fingerprint density at radius 1 is 1.39 bits per heavy atom. The SMILES string of the molecule is Cc1nc(/C=N\NC(=O)Nc2ccccc2)cs1. The van der Waals surface area contributed by atoms with Crippen molar-refractivity contribution in [3.8, 4) is 0 Å². The van der Waals surface area contributed by atoms with Crippen LogP contribution in [-0.4, -0.2) is 17.2 Å². The van der Waals surface area contributed by atoms with Crippen LogP contribution in [0.25, 0.3) is 0 Å². The van der Waals surface area contributed by atoms with E-state index in [0.29, 0.717) is 0 Å². The Labute approximate surface area is 109 Å². The van der Waals surface area contributed by atoms with Crippen molar-refractivity contribution in [2.75, 3.05) is 5.32 Å². The number of thiazole rings is 1. The highest BCUT2D eigenvalue weighted by atomic mass is 32.1. The maximum absolute atomic E-state index is 11.5. The normalized spacial score (nSPS) is 10.5. The van der Waals surface area contributed by atoms with E-state index in [9.17, 15) is 4.79 Å². The molecule has 0 atom stereocenters. The van der Waals surface area contributed by atoms with E-state index in [1.165, 1.54) is 17.6 Å². The number of carbonyl (C=O) groups excluding carboxylic acids is 1. The van der Waals surface area contributed by atoms with Crippen LogP contribution in [0.4, 0.5) is 10.5 Å². The summed E-state index contributed by atoms with van der Waals surface area (Å²) in [5.74, 6) is 0. The van der Waals surface area contributed by atoms with Crippen LogP contribution in [0, 0.1) is 6.92 Å². The predicted octanol–water partition coefficient (Wildman–Crippen LogP) is 2.61. The molecular formula is C12H12N4OS. The maximum Gasteiger partial charge on any atom is 0.339 e. The van der Waals surface area contributed by atoms with E-state index >= 15 is 0 Å². The number of hydrazone groups is 1. The Kier molecular flexibility index (Phi) is 4.03. The first-order chi connectivity index (χ1) is 8.74. The van der Waals surface area contributed by atoms with E-state index in [2.05, 4.69) is 20.8 Å². The van der Waals surface area contributed by atoms with E-state index in [1.54, 1.807) is 12.1 Å². The second-order valence-electron chi connectivity index (χ2n) is 3.48. The molecule has 1 aromatic carbocycles. The molecule has 2 rings (SSSR count). The number of urea groups is 1. The molecule has 0 radical (unpaired) electrons. The fourth-order valence-electron chi connectivity index (χ4n) is 1.28. The molecule has 1 heterocycles. The van der Waals surface area contributed by atoms with Crippen LogP contribution in [0.5, 0.6) is 0 Å². The van der Waals surface area contributed by atoms with Crippen molar-refractivity contribution in [3.05, 3.63) is 46.4 Å². The lowest BCUT2D eigenvalue weighted by molar-refractivity contribution is 0.252. The first-order valence-electron chi connectivity index (χ1n) is 5.31. The second kappa shape index (κ2) is 5.92. The summed E-state index contributed by atoms with van der Waals surface area (Å²) in [5.41, 5.74) is 3.82. The lowest BCUT2D eigenvalue weighted by Crippen LogP contribution is -2.24. The van der Waals surface area contributed by atoms with Crippen molar-refractivity contribution in [3.63, 3.8) is 0 Å². The predicted molar refractivity (Wildman–Crippen MR) is 73.0 cm³/mol. The van der Waals surface area contributed by atoms with Gasteiger partial charge in [-0.15, -0.1) is 11.3 Å². The molecule has 0 aliphatic carbocycles. The van der Waals surface area contributed by atoms with Crippen LogP contribution in [0.15, 0.2) is 40.8 Å². The Bertz CT molecular complexity index is 550. The van der Waals surface area contributed by atoms with Crippen LogP contribution in [0.3, 0.4) is 0 Å². The summed E-state index contributed by atoms with van der Waals surface area (Å²) < 4.78 is 0. The Balaban J connectivity index is 1.83. The summed E-state index contributed by atoms with van der Waals surface area (Å²) in [7, 11) is 0. The number of rotatable bonds is 3. The molecule has 0 aliphatic rings. The quantitative estimate of drug-likeness (QED) is 0.658. The lowest BCUT2D eigenvalue weighted by atomic mass is 10.3. The summed E-state index contributed by atoms with van der Waals surface area (Å²) in [6.07, 6.45) is 1.51. The zero-order valence-electron chi connectivity index (χ0n) is 9.75. The lowest BCUT2D eigenvalue weighted by Gasteiger charge is -2.02. The fourth-order valence-corrected chi connectivity index (χ4v) is 1.84. The number of amides is 2. The molecule has 0 bridgehead atoms. The third-order valence-corrected chi connectivity index (χ3v) is 2.82. The topological polar surface area (TPSA) is 66.4 Å². The number of benzene rings is 1. The van der Waals surface area contributed by atoms with Crippen LogP contribution < -0.4 is 10.7 Å². The average molecular weight is 260 g/mol. The molecule has 2 aromatic rings. The van der Waals surface area contributed by atoms with Gasteiger partial charge in [-0.3, -0.25) is 0 Å². The van der Waals surface area contributed by atoms with Gasteiger partial charge in [0.25, 0.3) is 0 Å². The smallest absolute Gasteiger partial charge is 0.307 e. The van der Waals surface area contributed by atoms with Crippen molar-refractivity contribution in [2.24, 2.45) is 5.10 Å². The highest BCUT2D eigenvalue weighted by Gasteiger charge is 1.98. The second-order valence-corrected chi connectivity index (χ2v) is 4.54. The van der Waals surface area contributed by atoms with Gasteiger partial charge in [-0.25, -0.2) is 15.2 Å². The van der Waals surface area contributed by atoms with Crippen LogP contribution >= 0.6 is 11.3 Å². The summed E-state index contributed by atoms with van der Waals surface area (Å²) in [6, 6.07) is 8.78. The molecule has 2 N–H and O–H groups in total. The van der Waals surface area contributed by atoms with Crippen molar-refractivity contribution < 1.29 is 4.79 Å². The van der Waals surface area contributed by atoms with Gasteiger partial charge in [0.2, 0.25) is 0 Å². The Hall–Kier alpha value is -2.21. The minimum absolute atomic E-state index is 0.385. The van der Waals surface area contributed by atoms with Crippen molar-refractivity contribution >= 4 is 29.3 Å². The zero-order valence-corrected chi connectivity index (χ0v) is 10.6. The summed E-state index contributed by atoms with van der Waals surface area (Å²) in [6.45, 7) is 1.91. The van der Waals surface area contributed by atoms with Crippen LogP contribution in [-0.2, 0) is 0 Å². The van der Waals surface area contributed by atoms with E-state index in [4.69, 9.17) is 0 Å². The zero-order chi connectivity index (χ0) is 12.8. The van der Waals surface area contributed by atoms with Crippen LogP contribution in [0.2, 0.25) is 0 Å². The van der Waals surface area contributed by atoms with Crippen molar-refractivity contribution in [1.82, 2.24) is 10.4 Å². The molecule has 0 fully saturated rings. The van der Waals surface area contributed by atoms with E-state index in [1.807, 2.05) is 30.5 Å². The van der Waals surface area contributed by atoms with E-state index < -0.39 is 0 Å². The molecule has 1 aromatic heterocycles. The minimum Gasteiger partial charge on any atom is -0.307 e. The molecule has 92 valence electrons. The van der Waals surface area contributed by atoms with Gasteiger partial charge in [-0.1, -0.05) is 18.2 Å². The summed E-state index contributed by atoms with van der Waals surface area (Å²) >= 11 is 1.54. The van der Waals surface area contributed by atoms with Gasteiger partial charge in [0.1, 0.15) is 0 Å². The van der Waals surface area contributed by atoms with Gasteiger partial charge in [-0.05, 0) is 19.1 Å². The fraction of sp³-hybridized carbons (Fsp3) is 0.0833. The summed E-state index contributed by atoms with van der Waals surface area (Å²) in [5, 5.41) is 9.29. The number of hydrogen-bond donors (Lipinski definition) is 2. The summed E-state index contributed by atoms with van der Waals surface area (Å²) in [4.78, 5) is 15.6. The highest BCUT2D eigenvalue weighted by molar-refractivity contribution is 7.09. The van der Waals surface area contributed by atoms with Gasteiger partial charge in [0.05, 0.1) is 16.9 Å². The van der Waals surface area contributed by atoms with Crippen molar-refractivity contribution in [2.45, 2.75) is 6.92 Å². The first-order valence-corrected chi connectivity index (χ1v) is 6.19. The van der Waals surface area contributed by atoms with Gasteiger partial charge in [0.15, 0.2) is 0 Å². The molecular weight excluding hydrogens is 248 g/mol. The molecule has 0 spiro atoms. The van der Waals surface area contributed by atoms with Crippen molar-refractivity contribution in [1.29, 1.82) is 0 Å². The molecule has 0 unspecified atom stereocenters. The number of anilines is 1. The standard InChI is InChI=1S/C12H12N4OS/c1-9-14-11(8-18-9)7-13-16-12(17)15-10-5-3-2-4-6-10/h2-8H,1H3,(H2,15,16,17)/b13-7-. The third-order valence-electron chi connectivity index (χ3n) is 2.03. The molecule has 0 aliphatic heterocycles. The average Bonchev–Trinajstić information content (AvgIpc) is 2.76. The Morgan fingerprint density at radius 2 is 2.17 bits per heavy atom. The molecule has 0 saturated carbocycles.